The third-order valence-corrected chi connectivity index (χ3v) is 5.77. The van der Waals surface area contributed by atoms with Crippen molar-refractivity contribution >= 4 is 43.0 Å². The zero-order valence-corrected chi connectivity index (χ0v) is 14.1. The molecule has 0 spiro atoms. The van der Waals surface area contributed by atoms with Crippen molar-refractivity contribution in [1.29, 1.82) is 0 Å². The molecule has 2 rings (SSSR count). The van der Waals surface area contributed by atoms with E-state index in [2.05, 4.69) is 26.0 Å². The molecular formula is C13H15BrN2O2S2. The minimum Gasteiger partial charge on any atom is -0.380 e. The van der Waals surface area contributed by atoms with Gasteiger partial charge in [0.1, 0.15) is 4.90 Å². The molecule has 1 heterocycles. The molecule has 108 valence electrons. The maximum Gasteiger partial charge on any atom is 0.242 e. The van der Waals surface area contributed by atoms with Crippen LogP contribution < -0.4 is 10.0 Å². The first kappa shape index (κ1) is 15.5. The lowest BCUT2D eigenvalue weighted by molar-refractivity contribution is 0.584. The van der Waals surface area contributed by atoms with E-state index in [9.17, 15) is 8.42 Å². The van der Waals surface area contributed by atoms with Crippen molar-refractivity contribution < 1.29 is 8.42 Å². The van der Waals surface area contributed by atoms with Crippen molar-refractivity contribution in [3.8, 4) is 0 Å². The van der Waals surface area contributed by atoms with Gasteiger partial charge in [-0.1, -0.05) is 19.1 Å². The zero-order chi connectivity index (χ0) is 14.6. The summed E-state index contributed by atoms with van der Waals surface area (Å²) in [7, 11) is -3.46. The molecular weight excluding hydrogens is 360 g/mol. The molecule has 7 heteroatoms. The predicted molar refractivity (Wildman–Crippen MR) is 86.7 cm³/mol. The Kier molecular flexibility index (Phi) is 5.20. The van der Waals surface area contributed by atoms with Gasteiger partial charge in [-0.25, -0.2) is 13.1 Å². The van der Waals surface area contributed by atoms with Crippen LogP contribution in [0.5, 0.6) is 0 Å². The van der Waals surface area contributed by atoms with E-state index in [1.54, 1.807) is 36.5 Å². The molecule has 0 saturated heterocycles. The highest BCUT2D eigenvalue weighted by Gasteiger charge is 2.16. The van der Waals surface area contributed by atoms with E-state index in [-0.39, 0.29) is 4.90 Å². The number of nitrogens with one attached hydrogen (secondary N) is 2. The molecule has 0 unspecified atom stereocenters. The van der Waals surface area contributed by atoms with Crippen molar-refractivity contribution in [2.75, 3.05) is 11.9 Å². The van der Waals surface area contributed by atoms with Gasteiger partial charge in [-0.05, 0) is 45.1 Å². The Morgan fingerprint density at radius 1 is 1.30 bits per heavy atom. The first-order valence-electron chi connectivity index (χ1n) is 6.08. The van der Waals surface area contributed by atoms with Gasteiger partial charge in [0, 0.05) is 13.1 Å². The molecule has 0 saturated carbocycles. The number of hydrogen-bond donors (Lipinski definition) is 2. The fourth-order valence-electron chi connectivity index (χ4n) is 1.75. The molecule has 0 amide bonds. The van der Waals surface area contributed by atoms with Crippen LogP contribution in [-0.4, -0.2) is 15.0 Å². The van der Waals surface area contributed by atoms with Crippen LogP contribution in [0.15, 0.2) is 44.4 Å². The van der Waals surface area contributed by atoms with Crippen LogP contribution in [0.25, 0.3) is 0 Å². The topological polar surface area (TPSA) is 58.2 Å². The third-order valence-electron chi connectivity index (χ3n) is 2.62. The predicted octanol–water partition coefficient (Wildman–Crippen LogP) is 3.42. The SMILES string of the molecule is CCNS(=O)(=O)c1ccccc1NCc1csc(Br)c1. The number of sulfonamides is 1. The van der Waals surface area contributed by atoms with E-state index in [0.717, 1.165) is 9.35 Å². The van der Waals surface area contributed by atoms with Gasteiger partial charge in [-0.2, -0.15) is 0 Å². The number of anilines is 1. The fraction of sp³-hybridized carbons (Fsp3) is 0.231. The minimum atomic E-state index is -3.46. The van der Waals surface area contributed by atoms with Crippen molar-refractivity contribution in [3.05, 3.63) is 45.1 Å². The molecule has 2 aromatic rings. The van der Waals surface area contributed by atoms with Gasteiger partial charge < -0.3 is 5.32 Å². The van der Waals surface area contributed by atoms with Gasteiger partial charge in [0.25, 0.3) is 0 Å². The first-order valence-corrected chi connectivity index (χ1v) is 9.24. The molecule has 0 aliphatic carbocycles. The highest BCUT2D eigenvalue weighted by atomic mass is 79.9. The van der Waals surface area contributed by atoms with Crippen LogP contribution in [0.4, 0.5) is 5.69 Å². The van der Waals surface area contributed by atoms with Gasteiger partial charge in [0.15, 0.2) is 0 Å². The quantitative estimate of drug-likeness (QED) is 0.814. The number of hydrogen-bond acceptors (Lipinski definition) is 4. The lowest BCUT2D eigenvalue weighted by Gasteiger charge is -2.12. The lowest BCUT2D eigenvalue weighted by atomic mass is 10.3. The summed E-state index contributed by atoms with van der Waals surface area (Å²) in [5.74, 6) is 0. The number of benzene rings is 1. The van der Waals surface area contributed by atoms with E-state index < -0.39 is 10.0 Å². The standard InChI is InChI=1S/C13H15BrN2O2S2/c1-2-16-20(17,18)12-6-4-3-5-11(12)15-8-10-7-13(14)19-9-10/h3-7,9,15-16H,2,8H2,1H3. The summed E-state index contributed by atoms with van der Waals surface area (Å²) in [6.45, 7) is 2.71. The number of rotatable bonds is 6. The average Bonchev–Trinajstić information content (AvgIpc) is 2.82. The van der Waals surface area contributed by atoms with E-state index in [1.165, 1.54) is 0 Å². The summed E-state index contributed by atoms with van der Waals surface area (Å²) in [5.41, 5.74) is 1.72. The van der Waals surface area contributed by atoms with E-state index >= 15 is 0 Å². The van der Waals surface area contributed by atoms with Crippen LogP contribution in [0, 0.1) is 0 Å². The molecule has 1 aromatic carbocycles. The highest BCUT2D eigenvalue weighted by molar-refractivity contribution is 9.11. The summed E-state index contributed by atoms with van der Waals surface area (Å²) < 4.78 is 27.8. The number of para-hydroxylation sites is 1. The van der Waals surface area contributed by atoms with E-state index in [0.29, 0.717) is 18.8 Å². The van der Waals surface area contributed by atoms with Crippen molar-refractivity contribution in [1.82, 2.24) is 4.72 Å². The Bertz CT molecular complexity index is 683. The van der Waals surface area contributed by atoms with Gasteiger partial charge in [-0.3, -0.25) is 0 Å². The monoisotopic (exact) mass is 374 g/mol. The summed E-state index contributed by atoms with van der Waals surface area (Å²) in [4.78, 5) is 0.274. The minimum absolute atomic E-state index is 0.274. The first-order chi connectivity index (χ1) is 9.53. The molecule has 1 aromatic heterocycles. The summed E-state index contributed by atoms with van der Waals surface area (Å²) in [6.07, 6.45) is 0. The molecule has 0 radical (unpaired) electrons. The summed E-state index contributed by atoms with van der Waals surface area (Å²) in [6, 6.07) is 8.92. The van der Waals surface area contributed by atoms with E-state index in [1.807, 2.05) is 17.5 Å². The van der Waals surface area contributed by atoms with Crippen LogP contribution in [0.3, 0.4) is 0 Å². The summed E-state index contributed by atoms with van der Waals surface area (Å²) in [5, 5.41) is 5.20. The normalized spacial score (nSPS) is 11.5. The Morgan fingerprint density at radius 3 is 2.70 bits per heavy atom. The van der Waals surface area contributed by atoms with Gasteiger partial charge in [0.2, 0.25) is 10.0 Å². The maximum atomic E-state index is 12.1. The third kappa shape index (κ3) is 3.82. The Hall–Kier alpha value is -0.890. The zero-order valence-electron chi connectivity index (χ0n) is 10.9. The Labute approximate surface area is 131 Å². The van der Waals surface area contributed by atoms with Gasteiger partial charge in [-0.15, -0.1) is 11.3 Å². The number of halogens is 1. The van der Waals surface area contributed by atoms with Crippen LogP contribution >= 0.6 is 27.3 Å². The molecule has 0 fully saturated rings. The second kappa shape index (κ2) is 6.71. The van der Waals surface area contributed by atoms with Gasteiger partial charge >= 0.3 is 0 Å². The van der Waals surface area contributed by atoms with Crippen molar-refractivity contribution in [2.24, 2.45) is 0 Å². The molecule has 4 nitrogen and oxygen atoms in total. The van der Waals surface area contributed by atoms with Crippen LogP contribution in [0.1, 0.15) is 12.5 Å². The van der Waals surface area contributed by atoms with Crippen molar-refractivity contribution in [3.63, 3.8) is 0 Å². The second-order valence-corrected chi connectivity index (χ2v) is 8.14. The molecule has 0 aliphatic rings. The molecule has 0 bridgehead atoms. The van der Waals surface area contributed by atoms with Crippen molar-refractivity contribution in [2.45, 2.75) is 18.4 Å². The van der Waals surface area contributed by atoms with Crippen LogP contribution in [0.2, 0.25) is 0 Å². The lowest BCUT2D eigenvalue weighted by Crippen LogP contribution is -2.24. The largest absolute Gasteiger partial charge is 0.380 e. The van der Waals surface area contributed by atoms with Gasteiger partial charge in [0.05, 0.1) is 9.47 Å². The average molecular weight is 375 g/mol. The fourth-order valence-corrected chi connectivity index (χ4v) is 4.18. The summed E-state index contributed by atoms with van der Waals surface area (Å²) >= 11 is 5.01. The molecule has 2 N–H and O–H groups in total. The van der Waals surface area contributed by atoms with E-state index in [4.69, 9.17) is 0 Å². The Morgan fingerprint density at radius 2 is 2.05 bits per heavy atom. The molecule has 0 atom stereocenters. The smallest absolute Gasteiger partial charge is 0.242 e. The second-order valence-electron chi connectivity index (χ2n) is 4.11. The molecule has 0 aliphatic heterocycles. The van der Waals surface area contributed by atoms with Crippen LogP contribution in [-0.2, 0) is 16.6 Å². The number of thiophene rings is 1. The Balaban J connectivity index is 2.20. The highest BCUT2D eigenvalue weighted by Crippen LogP contribution is 2.24. The maximum absolute atomic E-state index is 12.1. The molecule has 20 heavy (non-hydrogen) atoms.